The summed E-state index contributed by atoms with van der Waals surface area (Å²) in [5.74, 6) is 0. The number of fused-ring (bicyclic) bond motifs is 10. The number of aryl methyl sites for hydroxylation is 1. The van der Waals surface area contributed by atoms with Gasteiger partial charge in [-0.05, 0) is 109 Å². The SMILES string of the molecule is CC1(C)c2ccccc2C2(c3ccc(C4=Cc5ccccc5CC4)cc3-c3c(-c4cc(-c5ccccc5)nc(-c5ccccc5)c4)cccc32)c2ccccc21. The standard InChI is InChI=1S/C55H41N/c1-54(2)46-23-11-13-25-48(46)55(49-26-14-12-24-47(49)54)45-31-30-41(40-29-28-36-16-9-10-21-39(36)32-40)33-44(45)53-43(22-15-27-50(53)55)42-34-51(37-17-5-3-6-18-37)56-52(35-42)38-19-7-4-8-20-38/h3-27,30-35H,28-29H2,1-2H3. The van der Waals surface area contributed by atoms with Crippen molar-refractivity contribution in [2.45, 2.75) is 37.5 Å². The van der Waals surface area contributed by atoms with E-state index in [0.29, 0.717) is 0 Å². The summed E-state index contributed by atoms with van der Waals surface area (Å²) in [6.45, 7) is 4.79. The van der Waals surface area contributed by atoms with E-state index in [1.54, 1.807) is 0 Å². The molecule has 0 N–H and O–H groups in total. The van der Waals surface area contributed by atoms with Gasteiger partial charge in [0.1, 0.15) is 0 Å². The maximum Gasteiger partial charge on any atom is 0.0719 e. The van der Waals surface area contributed by atoms with Gasteiger partial charge in [-0.25, -0.2) is 4.98 Å². The maximum absolute atomic E-state index is 5.28. The second-order valence-electron chi connectivity index (χ2n) is 16.2. The van der Waals surface area contributed by atoms with E-state index < -0.39 is 5.41 Å². The Morgan fingerprint density at radius 3 is 1.64 bits per heavy atom. The molecule has 11 rings (SSSR count). The number of allylic oxidation sites excluding steroid dienone is 1. The van der Waals surface area contributed by atoms with Crippen molar-refractivity contribution >= 4 is 11.6 Å². The van der Waals surface area contributed by atoms with E-state index in [4.69, 9.17) is 4.98 Å². The van der Waals surface area contributed by atoms with Gasteiger partial charge >= 0.3 is 0 Å². The molecule has 3 aliphatic rings. The second kappa shape index (κ2) is 12.5. The van der Waals surface area contributed by atoms with Crippen LogP contribution in [0.3, 0.4) is 0 Å². The van der Waals surface area contributed by atoms with Crippen molar-refractivity contribution in [1.82, 2.24) is 4.98 Å². The first-order chi connectivity index (χ1) is 27.5. The Kier molecular flexibility index (Phi) is 7.32. The van der Waals surface area contributed by atoms with Gasteiger partial charge in [0.25, 0.3) is 0 Å². The summed E-state index contributed by atoms with van der Waals surface area (Å²) in [5.41, 5.74) is 22.3. The number of rotatable bonds is 4. The van der Waals surface area contributed by atoms with E-state index in [-0.39, 0.29) is 5.41 Å². The summed E-state index contributed by atoms with van der Waals surface area (Å²) in [7, 11) is 0. The molecule has 266 valence electrons. The van der Waals surface area contributed by atoms with Crippen molar-refractivity contribution in [3.05, 3.63) is 232 Å². The lowest BCUT2D eigenvalue weighted by molar-refractivity contribution is 0.563. The third kappa shape index (κ3) is 4.77. The van der Waals surface area contributed by atoms with Crippen molar-refractivity contribution in [2.24, 2.45) is 0 Å². The molecular formula is C55H41N. The molecule has 1 nitrogen and oxygen atoms in total. The zero-order valence-electron chi connectivity index (χ0n) is 31.8. The number of nitrogens with zero attached hydrogens (tertiary/aromatic N) is 1. The number of hydrogen-bond acceptors (Lipinski definition) is 1. The number of hydrogen-bond donors (Lipinski definition) is 0. The third-order valence-electron chi connectivity index (χ3n) is 12.9. The average molecular weight is 716 g/mol. The van der Waals surface area contributed by atoms with Gasteiger partial charge in [0, 0.05) is 16.5 Å². The fraction of sp³-hybridized carbons (Fsp3) is 0.109. The van der Waals surface area contributed by atoms with Crippen molar-refractivity contribution in [2.75, 3.05) is 0 Å². The Balaban J connectivity index is 1.23. The zero-order valence-corrected chi connectivity index (χ0v) is 31.8. The van der Waals surface area contributed by atoms with Crippen LogP contribution >= 0.6 is 0 Å². The maximum atomic E-state index is 5.28. The van der Waals surface area contributed by atoms with E-state index in [9.17, 15) is 0 Å². The first-order valence-electron chi connectivity index (χ1n) is 19.9. The molecule has 1 spiro atoms. The van der Waals surface area contributed by atoms with E-state index >= 15 is 0 Å². The molecule has 0 fully saturated rings. The minimum Gasteiger partial charge on any atom is -0.248 e. The van der Waals surface area contributed by atoms with E-state index in [1.165, 1.54) is 77.9 Å². The molecule has 0 atom stereocenters. The highest BCUT2D eigenvalue weighted by Gasteiger charge is 2.53. The van der Waals surface area contributed by atoms with Crippen molar-refractivity contribution in [3.8, 4) is 44.8 Å². The van der Waals surface area contributed by atoms with Gasteiger partial charge in [-0.15, -0.1) is 0 Å². The van der Waals surface area contributed by atoms with Gasteiger partial charge in [-0.2, -0.15) is 0 Å². The largest absolute Gasteiger partial charge is 0.248 e. The Morgan fingerprint density at radius 1 is 0.411 bits per heavy atom. The molecule has 1 heteroatoms. The van der Waals surface area contributed by atoms with Crippen LogP contribution in [0, 0.1) is 0 Å². The van der Waals surface area contributed by atoms with Crippen molar-refractivity contribution in [1.29, 1.82) is 0 Å². The van der Waals surface area contributed by atoms with Crippen LogP contribution in [0.4, 0.5) is 0 Å². The molecule has 7 aromatic carbocycles. The van der Waals surface area contributed by atoms with Crippen LogP contribution in [0.25, 0.3) is 56.4 Å². The fourth-order valence-corrected chi connectivity index (χ4v) is 10.3. The quantitative estimate of drug-likeness (QED) is 0.177. The fourth-order valence-electron chi connectivity index (χ4n) is 10.3. The number of pyridine rings is 1. The normalized spacial score (nSPS) is 15.2. The van der Waals surface area contributed by atoms with Gasteiger partial charge < -0.3 is 0 Å². The Bertz CT molecular complexity index is 2770. The van der Waals surface area contributed by atoms with Crippen LogP contribution in [0.5, 0.6) is 0 Å². The summed E-state index contributed by atoms with van der Waals surface area (Å²) < 4.78 is 0. The molecule has 8 aromatic rings. The second-order valence-corrected chi connectivity index (χ2v) is 16.2. The summed E-state index contributed by atoms with van der Waals surface area (Å²) in [6.07, 6.45) is 4.51. The molecule has 0 bridgehead atoms. The summed E-state index contributed by atoms with van der Waals surface area (Å²) >= 11 is 0. The zero-order chi connectivity index (χ0) is 37.4. The predicted molar refractivity (Wildman–Crippen MR) is 233 cm³/mol. The van der Waals surface area contributed by atoms with E-state index in [0.717, 1.165) is 35.4 Å². The summed E-state index contributed by atoms with van der Waals surface area (Å²) in [4.78, 5) is 5.28. The minimum atomic E-state index is -0.479. The van der Waals surface area contributed by atoms with Crippen molar-refractivity contribution in [3.63, 3.8) is 0 Å². The van der Waals surface area contributed by atoms with E-state index in [1.807, 2.05) is 0 Å². The molecule has 1 heterocycles. The Hall–Kier alpha value is -6.57. The monoisotopic (exact) mass is 715 g/mol. The van der Waals surface area contributed by atoms with Gasteiger partial charge in [0.05, 0.1) is 16.8 Å². The van der Waals surface area contributed by atoms with Gasteiger partial charge in [0.2, 0.25) is 0 Å². The summed E-state index contributed by atoms with van der Waals surface area (Å²) in [6, 6.07) is 67.6. The minimum absolute atomic E-state index is 0.153. The predicted octanol–water partition coefficient (Wildman–Crippen LogP) is 13.6. The first-order valence-corrected chi connectivity index (χ1v) is 19.9. The molecule has 1 aromatic heterocycles. The van der Waals surface area contributed by atoms with Gasteiger partial charge in [-0.1, -0.05) is 184 Å². The topological polar surface area (TPSA) is 12.9 Å². The molecule has 0 unspecified atom stereocenters. The Morgan fingerprint density at radius 2 is 0.982 bits per heavy atom. The highest BCUT2D eigenvalue weighted by Crippen LogP contribution is 2.63. The van der Waals surface area contributed by atoms with Gasteiger partial charge in [-0.3, -0.25) is 0 Å². The Labute approximate surface area is 329 Å². The third-order valence-corrected chi connectivity index (χ3v) is 12.9. The van der Waals surface area contributed by atoms with Crippen molar-refractivity contribution < 1.29 is 0 Å². The molecule has 0 amide bonds. The van der Waals surface area contributed by atoms with Crippen LogP contribution < -0.4 is 0 Å². The lowest BCUT2D eigenvalue weighted by Gasteiger charge is -2.46. The van der Waals surface area contributed by atoms with Gasteiger partial charge in [0.15, 0.2) is 0 Å². The molecule has 3 aliphatic carbocycles. The highest BCUT2D eigenvalue weighted by molar-refractivity contribution is 5.99. The van der Waals surface area contributed by atoms with E-state index in [2.05, 4.69) is 202 Å². The van der Waals surface area contributed by atoms with Crippen LogP contribution in [0.2, 0.25) is 0 Å². The van der Waals surface area contributed by atoms with Crippen LogP contribution in [-0.2, 0) is 17.3 Å². The lowest BCUT2D eigenvalue weighted by Crippen LogP contribution is -2.40. The smallest absolute Gasteiger partial charge is 0.0719 e. The molecular weight excluding hydrogens is 675 g/mol. The summed E-state index contributed by atoms with van der Waals surface area (Å²) in [5, 5.41) is 0. The molecule has 0 radical (unpaired) electrons. The molecule has 0 saturated carbocycles. The molecule has 0 saturated heterocycles. The van der Waals surface area contributed by atoms with Crippen LogP contribution in [0.15, 0.2) is 182 Å². The molecule has 56 heavy (non-hydrogen) atoms. The first kappa shape index (κ1) is 32.8. The molecule has 0 aliphatic heterocycles. The average Bonchev–Trinajstić information content (AvgIpc) is 3.56. The number of aromatic nitrogens is 1. The number of benzene rings is 7. The highest BCUT2D eigenvalue weighted by atomic mass is 14.7. The van der Waals surface area contributed by atoms with Crippen LogP contribution in [-0.4, -0.2) is 4.98 Å². The lowest BCUT2D eigenvalue weighted by atomic mass is 9.55. The van der Waals surface area contributed by atoms with Crippen LogP contribution in [0.1, 0.15) is 70.3 Å².